The number of halogens is 1. The summed E-state index contributed by atoms with van der Waals surface area (Å²) in [5.74, 6) is -0.263. The van der Waals surface area contributed by atoms with Gasteiger partial charge in [-0.15, -0.1) is 0 Å². The molecule has 0 radical (unpaired) electrons. The van der Waals surface area contributed by atoms with Crippen LogP contribution in [0.2, 0.25) is 0 Å². The van der Waals surface area contributed by atoms with Gasteiger partial charge in [-0.1, -0.05) is 22.0 Å². The first-order chi connectivity index (χ1) is 13.5. The summed E-state index contributed by atoms with van der Waals surface area (Å²) in [6, 6.07) is 14.6. The first kappa shape index (κ1) is 18.2. The number of carbonyl (C=O) groups is 1. The van der Waals surface area contributed by atoms with Crippen LogP contribution in [0.1, 0.15) is 16.1 Å². The number of aromatic nitrogens is 3. The quantitative estimate of drug-likeness (QED) is 0.492. The molecule has 0 aliphatic heterocycles. The van der Waals surface area contributed by atoms with E-state index in [1.165, 1.54) is 0 Å². The summed E-state index contributed by atoms with van der Waals surface area (Å²) in [5.41, 5.74) is 3.87. The molecule has 0 amide bonds. The minimum Gasteiger partial charge on any atom is -0.497 e. The second-order valence-electron chi connectivity index (χ2n) is 6.28. The lowest BCUT2D eigenvalue weighted by Crippen LogP contribution is -2.02. The van der Waals surface area contributed by atoms with Crippen LogP contribution < -0.4 is 4.74 Å². The van der Waals surface area contributed by atoms with E-state index < -0.39 is 5.97 Å². The van der Waals surface area contributed by atoms with E-state index in [-0.39, 0.29) is 5.56 Å². The van der Waals surface area contributed by atoms with Crippen molar-refractivity contribution in [1.29, 1.82) is 0 Å². The predicted molar refractivity (Wildman–Crippen MR) is 110 cm³/mol. The molecule has 0 atom stereocenters. The van der Waals surface area contributed by atoms with E-state index in [0.717, 1.165) is 27.2 Å². The number of hydrogen-bond donors (Lipinski definition) is 1. The molecule has 4 aromatic rings. The van der Waals surface area contributed by atoms with Crippen molar-refractivity contribution in [2.45, 2.75) is 6.92 Å². The van der Waals surface area contributed by atoms with Crippen LogP contribution in [0.3, 0.4) is 0 Å². The van der Waals surface area contributed by atoms with Crippen LogP contribution in [0.4, 0.5) is 0 Å². The van der Waals surface area contributed by atoms with Gasteiger partial charge >= 0.3 is 5.97 Å². The number of benzene rings is 2. The van der Waals surface area contributed by atoms with Crippen molar-refractivity contribution in [3.8, 4) is 22.7 Å². The van der Waals surface area contributed by atoms with E-state index in [0.29, 0.717) is 16.6 Å². The molecule has 7 heteroatoms. The van der Waals surface area contributed by atoms with Gasteiger partial charge in [-0.3, -0.25) is 0 Å². The number of nitrogens with zero attached hydrogens (tertiary/aromatic N) is 3. The van der Waals surface area contributed by atoms with Crippen LogP contribution in [0.25, 0.3) is 27.8 Å². The fraction of sp³-hybridized carbons (Fsp3) is 0.0952. The Morgan fingerprint density at radius 2 is 2.00 bits per heavy atom. The van der Waals surface area contributed by atoms with E-state index in [1.54, 1.807) is 36.2 Å². The monoisotopic (exact) mass is 437 g/mol. The van der Waals surface area contributed by atoms with Crippen LogP contribution in [0.15, 0.2) is 59.2 Å². The van der Waals surface area contributed by atoms with Gasteiger partial charge in [-0.05, 0) is 43.3 Å². The molecule has 0 saturated carbocycles. The lowest BCUT2D eigenvalue weighted by atomic mass is 10.0. The highest BCUT2D eigenvalue weighted by Crippen LogP contribution is 2.30. The van der Waals surface area contributed by atoms with E-state index >= 15 is 0 Å². The molecule has 2 aromatic heterocycles. The third-order valence-corrected chi connectivity index (χ3v) is 5.08. The van der Waals surface area contributed by atoms with Gasteiger partial charge in [0.25, 0.3) is 0 Å². The molecule has 0 bridgehead atoms. The minimum atomic E-state index is -0.996. The fourth-order valence-electron chi connectivity index (χ4n) is 3.18. The smallest absolute Gasteiger partial charge is 0.336 e. The fourth-order valence-corrected chi connectivity index (χ4v) is 3.54. The van der Waals surface area contributed by atoms with Crippen LogP contribution >= 0.6 is 15.9 Å². The number of carboxylic acid groups (broad SMARTS) is 1. The molecule has 4 rings (SSSR count). The Bertz CT molecular complexity index is 1220. The predicted octanol–water partition coefficient (Wildman–Crippen LogP) is 4.87. The molecular formula is C21H16BrN3O3. The molecule has 2 aromatic carbocycles. The summed E-state index contributed by atoms with van der Waals surface area (Å²) < 4.78 is 7.87. The van der Waals surface area contributed by atoms with E-state index in [4.69, 9.17) is 4.74 Å². The Hall–Kier alpha value is -3.19. The highest BCUT2D eigenvalue weighted by atomic mass is 79.9. The SMILES string of the molecule is COc1cccc(-n2ncc(-c3cc(C(=O)O)c4cc(Br)ccc4n3)c2C)c1. The largest absolute Gasteiger partial charge is 0.497 e. The Balaban J connectivity index is 1.88. The number of carboxylic acids is 1. The minimum absolute atomic E-state index is 0.204. The average Bonchev–Trinajstić information content (AvgIpc) is 3.08. The van der Waals surface area contributed by atoms with Gasteiger partial charge < -0.3 is 9.84 Å². The number of rotatable bonds is 4. The van der Waals surface area contributed by atoms with Crippen molar-refractivity contribution in [2.75, 3.05) is 7.11 Å². The summed E-state index contributed by atoms with van der Waals surface area (Å²) in [7, 11) is 1.62. The molecular weight excluding hydrogens is 422 g/mol. The average molecular weight is 438 g/mol. The van der Waals surface area contributed by atoms with Gasteiger partial charge in [-0.25, -0.2) is 14.5 Å². The first-order valence-electron chi connectivity index (χ1n) is 8.51. The van der Waals surface area contributed by atoms with Crippen molar-refractivity contribution in [1.82, 2.24) is 14.8 Å². The van der Waals surface area contributed by atoms with Gasteiger partial charge in [0.1, 0.15) is 5.75 Å². The van der Waals surface area contributed by atoms with Crippen molar-refractivity contribution in [3.63, 3.8) is 0 Å². The molecule has 0 spiro atoms. The van der Waals surface area contributed by atoms with Gasteiger partial charge in [0.05, 0.1) is 41.5 Å². The Kier molecular flexibility index (Phi) is 4.60. The van der Waals surface area contributed by atoms with Crippen molar-refractivity contribution < 1.29 is 14.6 Å². The Morgan fingerprint density at radius 3 is 2.75 bits per heavy atom. The van der Waals surface area contributed by atoms with E-state index in [9.17, 15) is 9.90 Å². The zero-order chi connectivity index (χ0) is 19.8. The number of methoxy groups -OCH3 is 1. The summed E-state index contributed by atoms with van der Waals surface area (Å²) in [6.07, 6.45) is 1.70. The molecule has 0 fully saturated rings. The molecule has 6 nitrogen and oxygen atoms in total. The zero-order valence-electron chi connectivity index (χ0n) is 15.2. The Morgan fingerprint density at radius 1 is 1.18 bits per heavy atom. The van der Waals surface area contributed by atoms with Crippen LogP contribution in [0, 0.1) is 6.92 Å². The lowest BCUT2D eigenvalue weighted by Gasteiger charge is -2.09. The van der Waals surface area contributed by atoms with Gasteiger partial charge in [-0.2, -0.15) is 5.10 Å². The normalized spacial score (nSPS) is 11.0. The van der Waals surface area contributed by atoms with Crippen molar-refractivity contribution in [2.24, 2.45) is 0 Å². The second kappa shape index (κ2) is 7.09. The summed E-state index contributed by atoms with van der Waals surface area (Å²) in [4.78, 5) is 16.5. The van der Waals surface area contributed by atoms with Gasteiger partial charge in [0, 0.05) is 21.5 Å². The molecule has 0 unspecified atom stereocenters. The van der Waals surface area contributed by atoms with Crippen LogP contribution in [-0.2, 0) is 0 Å². The van der Waals surface area contributed by atoms with Gasteiger partial charge in [0.2, 0.25) is 0 Å². The Labute approximate surface area is 169 Å². The molecule has 140 valence electrons. The number of pyridine rings is 1. The maximum atomic E-state index is 11.8. The van der Waals surface area contributed by atoms with E-state index in [1.807, 2.05) is 37.3 Å². The summed E-state index contributed by atoms with van der Waals surface area (Å²) in [6.45, 7) is 1.93. The summed E-state index contributed by atoms with van der Waals surface area (Å²) >= 11 is 3.39. The van der Waals surface area contributed by atoms with Crippen molar-refractivity contribution >= 4 is 32.8 Å². The molecule has 0 aliphatic rings. The zero-order valence-corrected chi connectivity index (χ0v) is 16.8. The number of hydrogen-bond acceptors (Lipinski definition) is 4. The van der Waals surface area contributed by atoms with Gasteiger partial charge in [0.15, 0.2) is 0 Å². The molecule has 0 saturated heterocycles. The molecule has 1 N–H and O–H groups in total. The maximum Gasteiger partial charge on any atom is 0.336 e. The summed E-state index contributed by atoms with van der Waals surface area (Å²) in [5, 5.41) is 14.7. The molecule has 2 heterocycles. The highest BCUT2D eigenvalue weighted by molar-refractivity contribution is 9.10. The van der Waals surface area contributed by atoms with E-state index in [2.05, 4.69) is 26.0 Å². The maximum absolute atomic E-state index is 11.8. The van der Waals surface area contributed by atoms with Crippen molar-refractivity contribution in [3.05, 3.63) is 70.5 Å². The second-order valence-corrected chi connectivity index (χ2v) is 7.19. The number of fused-ring (bicyclic) bond motifs is 1. The third kappa shape index (κ3) is 3.14. The number of aromatic carboxylic acids is 1. The van der Waals surface area contributed by atoms with Crippen LogP contribution in [-0.4, -0.2) is 33.0 Å². The lowest BCUT2D eigenvalue weighted by molar-refractivity contribution is 0.0699. The first-order valence-corrected chi connectivity index (χ1v) is 9.30. The molecule has 28 heavy (non-hydrogen) atoms. The standard InChI is InChI=1S/C21H16BrN3O3/c1-12-18(11-23-25(12)14-4-3-5-15(9-14)28-2)20-10-17(21(26)27)16-8-13(22)6-7-19(16)24-20/h3-11H,1-2H3,(H,26,27). The number of ether oxygens (including phenoxy) is 1. The van der Waals surface area contributed by atoms with Crippen LogP contribution in [0.5, 0.6) is 5.75 Å². The third-order valence-electron chi connectivity index (χ3n) is 4.58. The topological polar surface area (TPSA) is 77.2 Å². The molecule has 0 aliphatic carbocycles. The highest BCUT2D eigenvalue weighted by Gasteiger charge is 2.17.